The number of carbonyl (C=O) groups is 1. The van der Waals surface area contributed by atoms with Crippen LogP contribution in [0.3, 0.4) is 0 Å². The molecule has 1 atom stereocenters. The van der Waals surface area contributed by atoms with Gasteiger partial charge in [0.1, 0.15) is 11.6 Å². The quantitative estimate of drug-likeness (QED) is 0.568. The number of ether oxygens (including phenoxy) is 1. The van der Waals surface area contributed by atoms with Gasteiger partial charge in [0.05, 0.1) is 12.8 Å². The lowest BCUT2D eigenvalue weighted by molar-refractivity contribution is -0.116. The zero-order valence-corrected chi connectivity index (χ0v) is 16.3. The smallest absolute Gasteiger partial charge is 0.225 e. The summed E-state index contributed by atoms with van der Waals surface area (Å²) in [6, 6.07) is 12.2. The molecule has 0 fully saturated rings. The van der Waals surface area contributed by atoms with Gasteiger partial charge in [0.25, 0.3) is 0 Å². The van der Waals surface area contributed by atoms with Crippen LogP contribution < -0.4 is 10.1 Å². The van der Waals surface area contributed by atoms with Crippen LogP contribution in [0.1, 0.15) is 22.8 Å². The molecule has 1 unspecified atom stereocenters. The molecule has 0 aliphatic carbocycles. The van der Waals surface area contributed by atoms with Crippen LogP contribution in [0.5, 0.6) is 5.75 Å². The van der Waals surface area contributed by atoms with Crippen LogP contribution in [-0.4, -0.2) is 13.0 Å². The van der Waals surface area contributed by atoms with Crippen molar-refractivity contribution in [1.82, 2.24) is 0 Å². The summed E-state index contributed by atoms with van der Waals surface area (Å²) in [5.74, 6) is 0.299. The second kappa shape index (κ2) is 6.85. The van der Waals surface area contributed by atoms with Gasteiger partial charge in [-0.25, -0.2) is 4.39 Å². The second-order valence-electron chi connectivity index (χ2n) is 6.09. The van der Waals surface area contributed by atoms with Crippen molar-refractivity contribution in [2.75, 3.05) is 12.4 Å². The van der Waals surface area contributed by atoms with Crippen molar-refractivity contribution in [3.05, 3.63) is 68.6 Å². The average Bonchev–Trinajstić information content (AvgIpc) is 3.04. The number of hydrogen-bond donors (Lipinski definition) is 1. The van der Waals surface area contributed by atoms with E-state index >= 15 is 0 Å². The number of methoxy groups -OCH3 is 1. The average molecular weight is 432 g/mol. The third kappa shape index (κ3) is 3.04. The molecule has 1 N–H and O–H groups in total. The molecule has 2 aromatic carbocycles. The Morgan fingerprint density at radius 3 is 2.88 bits per heavy atom. The summed E-state index contributed by atoms with van der Waals surface area (Å²) in [7, 11) is 1.63. The number of halogens is 2. The van der Waals surface area contributed by atoms with Crippen molar-refractivity contribution in [1.29, 1.82) is 0 Å². The number of rotatable bonds is 3. The lowest BCUT2D eigenvalue weighted by Gasteiger charge is -2.25. The lowest BCUT2D eigenvalue weighted by atomic mass is 9.88. The highest BCUT2D eigenvalue weighted by atomic mass is 79.9. The molecule has 0 bridgehead atoms. The molecule has 1 aliphatic heterocycles. The fourth-order valence-electron chi connectivity index (χ4n) is 3.32. The summed E-state index contributed by atoms with van der Waals surface area (Å²) in [5, 5.41) is 4.95. The van der Waals surface area contributed by atoms with E-state index in [2.05, 4.69) is 21.2 Å². The predicted octanol–water partition coefficient (Wildman–Crippen LogP) is 5.80. The van der Waals surface area contributed by atoms with Crippen molar-refractivity contribution in [2.45, 2.75) is 12.3 Å². The zero-order chi connectivity index (χ0) is 18.3. The van der Waals surface area contributed by atoms with E-state index in [1.807, 2.05) is 29.6 Å². The maximum atomic E-state index is 13.6. The molecule has 1 amide bonds. The molecule has 26 heavy (non-hydrogen) atoms. The third-order valence-corrected chi connectivity index (χ3v) is 6.08. The van der Waals surface area contributed by atoms with Gasteiger partial charge in [0.15, 0.2) is 0 Å². The van der Waals surface area contributed by atoms with E-state index in [0.29, 0.717) is 6.42 Å². The van der Waals surface area contributed by atoms with Gasteiger partial charge in [0, 0.05) is 38.2 Å². The maximum absolute atomic E-state index is 13.6. The van der Waals surface area contributed by atoms with Crippen molar-refractivity contribution in [2.24, 2.45) is 0 Å². The van der Waals surface area contributed by atoms with Gasteiger partial charge in [-0.2, -0.15) is 0 Å². The molecule has 4 rings (SSSR count). The van der Waals surface area contributed by atoms with Crippen LogP contribution in [0, 0.1) is 5.82 Å². The molecule has 0 radical (unpaired) electrons. The first-order valence-electron chi connectivity index (χ1n) is 8.07. The van der Waals surface area contributed by atoms with Crippen molar-refractivity contribution < 1.29 is 13.9 Å². The van der Waals surface area contributed by atoms with E-state index in [1.165, 1.54) is 12.1 Å². The van der Waals surface area contributed by atoms with E-state index in [0.717, 1.165) is 37.5 Å². The standard InChI is InChI=1S/C20H15BrFNO2S/c1-25-17-6-5-12(21)8-14(17)15-9-18(24)23-19-16(10-26-20(15)19)11-3-2-4-13(22)7-11/h2-8,10,15H,9H2,1H3,(H,23,24). The first-order chi connectivity index (χ1) is 12.6. The SMILES string of the molecule is COc1ccc(Br)cc1C1CC(=O)Nc2c(-c3cccc(F)c3)csc21. The molecule has 6 heteroatoms. The molecule has 0 spiro atoms. The Morgan fingerprint density at radius 2 is 2.12 bits per heavy atom. The van der Waals surface area contributed by atoms with E-state index < -0.39 is 0 Å². The summed E-state index contributed by atoms with van der Waals surface area (Å²) in [6.45, 7) is 0. The highest BCUT2D eigenvalue weighted by Crippen LogP contribution is 2.48. The second-order valence-corrected chi connectivity index (χ2v) is 7.92. The van der Waals surface area contributed by atoms with Gasteiger partial charge in [0.2, 0.25) is 5.91 Å². The van der Waals surface area contributed by atoms with E-state index in [-0.39, 0.29) is 17.6 Å². The van der Waals surface area contributed by atoms with Gasteiger partial charge in [-0.1, -0.05) is 28.1 Å². The lowest BCUT2D eigenvalue weighted by Crippen LogP contribution is -2.22. The van der Waals surface area contributed by atoms with Crippen molar-refractivity contribution >= 4 is 38.9 Å². The summed E-state index contributed by atoms with van der Waals surface area (Å²) in [4.78, 5) is 13.5. The van der Waals surface area contributed by atoms with Crippen molar-refractivity contribution in [3.8, 4) is 16.9 Å². The molecule has 0 saturated heterocycles. The molecule has 132 valence electrons. The van der Waals surface area contributed by atoms with Crippen LogP contribution in [0.2, 0.25) is 0 Å². The van der Waals surface area contributed by atoms with Crippen LogP contribution >= 0.6 is 27.3 Å². The maximum Gasteiger partial charge on any atom is 0.225 e. The minimum Gasteiger partial charge on any atom is -0.496 e. The molecule has 1 aliphatic rings. The molecular weight excluding hydrogens is 417 g/mol. The predicted molar refractivity (Wildman–Crippen MR) is 105 cm³/mol. The number of anilines is 1. The Bertz CT molecular complexity index is 1000. The van der Waals surface area contributed by atoms with Crippen LogP contribution in [0.4, 0.5) is 10.1 Å². The molecule has 2 heterocycles. The molecule has 3 aromatic rings. The van der Waals surface area contributed by atoms with Crippen LogP contribution in [0.15, 0.2) is 52.3 Å². The number of hydrogen-bond acceptors (Lipinski definition) is 3. The Labute approximate surface area is 162 Å². The fourth-order valence-corrected chi connectivity index (χ4v) is 4.85. The minimum absolute atomic E-state index is 0.0550. The minimum atomic E-state index is -0.296. The Morgan fingerprint density at radius 1 is 1.27 bits per heavy atom. The van der Waals surface area contributed by atoms with Crippen LogP contribution in [0.25, 0.3) is 11.1 Å². The van der Waals surface area contributed by atoms with Crippen LogP contribution in [-0.2, 0) is 4.79 Å². The number of nitrogens with one attached hydrogen (secondary N) is 1. The number of benzene rings is 2. The molecular formula is C20H15BrFNO2S. The normalized spacial score (nSPS) is 16.1. The summed E-state index contributed by atoms with van der Waals surface area (Å²) in [5.41, 5.74) is 3.33. The highest BCUT2D eigenvalue weighted by molar-refractivity contribution is 9.10. The van der Waals surface area contributed by atoms with Crippen molar-refractivity contribution in [3.63, 3.8) is 0 Å². The summed E-state index contributed by atoms with van der Waals surface area (Å²) < 4.78 is 20.1. The number of thiophene rings is 1. The zero-order valence-electron chi connectivity index (χ0n) is 13.9. The van der Waals surface area contributed by atoms with Gasteiger partial charge < -0.3 is 10.1 Å². The first kappa shape index (κ1) is 17.2. The third-order valence-electron chi connectivity index (χ3n) is 4.49. The number of amides is 1. The Hall–Kier alpha value is -2.18. The van der Waals surface area contributed by atoms with E-state index in [9.17, 15) is 9.18 Å². The number of carbonyl (C=O) groups excluding carboxylic acids is 1. The molecule has 3 nitrogen and oxygen atoms in total. The Kier molecular flexibility index (Phi) is 4.54. The van der Waals surface area contributed by atoms with E-state index in [1.54, 1.807) is 24.5 Å². The Balaban J connectivity index is 1.86. The molecule has 1 aromatic heterocycles. The number of fused-ring (bicyclic) bond motifs is 1. The van der Waals surface area contributed by atoms with Gasteiger partial charge in [-0.15, -0.1) is 11.3 Å². The fraction of sp³-hybridized carbons (Fsp3) is 0.150. The first-order valence-corrected chi connectivity index (χ1v) is 9.74. The monoisotopic (exact) mass is 431 g/mol. The highest BCUT2D eigenvalue weighted by Gasteiger charge is 2.32. The summed E-state index contributed by atoms with van der Waals surface area (Å²) in [6.07, 6.45) is 0.350. The van der Waals surface area contributed by atoms with E-state index in [4.69, 9.17) is 4.74 Å². The van der Waals surface area contributed by atoms with Gasteiger partial charge >= 0.3 is 0 Å². The summed E-state index contributed by atoms with van der Waals surface area (Å²) >= 11 is 5.08. The topological polar surface area (TPSA) is 38.3 Å². The van der Waals surface area contributed by atoms with Gasteiger partial charge in [-0.05, 0) is 35.9 Å². The largest absolute Gasteiger partial charge is 0.496 e. The molecule has 0 saturated carbocycles. The van der Waals surface area contributed by atoms with Gasteiger partial charge in [-0.3, -0.25) is 4.79 Å².